The molecule has 0 aliphatic heterocycles. The number of hydrogen-bond acceptors (Lipinski definition) is 3. The van der Waals surface area contributed by atoms with Gasteiger partial charge in [-0.1, -0.05) is 20.8 Å². The number of nitrogen functional groups attached to an aromatic ring is 1. The highest BCUT2D eigenvalue weighted by atomic mass is 16.1. The van der Waals surface area contributed by atoms with Crippen LogP contribution in [0, 0.1) is 5.41 Å². The highest BCUT2D eigenvalue weighted by Crippen LogP contribution is 2.32. The van der Waals surface area contributed by atoms with E-state index in [2.05, 4.69) is 25.8 Å². The Morgan fingerprint density at radius 3 is 2.40 bits per heavy atom. The Kier molecular flexibility index (Phi) is 2.75. The second-order valence-corrected chi connectivity index (χ2v) is 4.79. The number of primary amides is 1. The summed E-state index contributed by atoms with van der Waals surface area (Å²) < 4.78 is 1.78. The van der Waals surface area contributed by atoms with Crippen molar-refractivity contribution >= 4 is 11.7 Å². The van der Waals surface area contributed by atoms with Crippen LogP contribution in [0.15, 0.2) is 6.33 Å². The standard InChI is InChI=1S/C10H18N4O/c1-6(10(2,3)4)14-5-13-7(8(14)11)9(12)15/h5-6H,11H2,1-4H3,(H2,12,15). The van der Waals surface area contributed by atoms with E-state index in [-0.39, 0.29) is 17.2 Å². The molecule has 1 rings (SSSR count). The Bertz CT molecular complexity index is 375. The third kappa shape index (κ3) is 2.11. The average Bonchev–Trinajstić information content (AvgIpc) is 2.44. The molecule has 0 fully saturated rings. The maximum absolute atomic E-state index is 11.0. The van der Waals surface area contributed by atoms with Crippen LogP contribution in [0.1, 0.15) is 44.2 Å². The first-order valence-corrected chi connectivity index (χ1v) is 4.87. The fourth-order valence-corrected chi connectivity index (χ4v) is 1.29. The predicted octanol–water partition coefficient (Wildman–Crippen LogP) is 1.17. The van der Waals surface area contributed by atoms with E-state index in [0.29, 0.717) is 5.82 Å². The molecule has 4 N–H and O–H groups in total. The predicted molar refractivity (Wildman–Crippen MR) is 59.3 cm³/mol. The smallest absolute Gasteiger partial charge is 0.271 e. The second-order valence-electron chi connectivity index (χ2n) is 4.79. The number of rotatable bonds is 2. The summed E-state index contributed by atoms with van der Waals surface area (Å²) in [6.45, 7) is 8.33. The van der Waals surface area contributed by atoms with Gasteiger partial charge >= 0.3 is 0 Å². The van der Waals surface area contributed by atoms with Gasteiger partial charge in [0.05, 0.1) is 6.33 Å². The number of aromatic nitrogens is 2. The van der Waals surface area contributed by atoms with Crippen LogP contribution < -0.4 is 11.5 Å². The lowest BCUT2D eigenvalue weighted by Gasteiger charge is -2.29. The van der Waals surface area contributed by atoms with Crippen molar-refractivity contribution in [1.29, 1.82) is 0 Å². The Balaban J connectivity index is 3.12. The Hall–Kier alpha value is -1.52. The topological polar surface area (TPSA) is 86.9 Å². The summed E-state index contributed by atoms with van der Waals surface area (Å²) in [4.78, 5) is 14.9. The van der Waals surface area contributed by atoms with E-state index in [9.17, 15) is 4.79 Å². The molecule has 0 aromatic carbocycles. The summed E-state index contributed by atoms with van der Waals surface area (Å²) in [5.41, 5.74) is 11.1. The summed E-state index contributed by atoms with van der Waals surface area (Å²) in [5, 5.41) is 0. The number of nitrogens with two attached hydrogens (primary N) is 2. The van der Waals surface area contributed by atoms with Gasteiger partial charge in [-0.2, -0.15) is 0 Å². The summed E-state index contributed by atoms with van der Waals surface area (Å²) in [5.74, 6) is -0.253. The van der Waals surface area contributed by atoms with Gasteiger partial charge in [0.15, 0.2) is 5.69 Å². The van der Waals surface area contributed by atoms with Gasteiger partial charge in [0.25, 0.3) is 5.91 Å². The monoisotopic (exact) mass is 210 g/mol. The van der Waals surface area contributed by atoms with Gasteiger partial charge in [-0.25, -0.2) is 4.98 Å². The van der Waals surface area contributed by atoms with Gasteiger partial charge in [0, 0.05) is 6.04 Å². The van der Waals surface area contributed by atoms with E-state index < -0.39 is 5.91 Å². The van der Waals surface area contributed by atoms with Gasteiger partial charge < -0.3 is 16.0 Å². The maximum Gasteiger partial charge on any atom is 0.271 e. The molecule has 0 aliphatic carbocycles. The van der Waals surface area contributed by atoms with E-state index in [4.69, 9.17) is 11.5 Å². The molecule has 1 heterocycles. The molecule has 5 nitrogen and oxygen atoms in total. The van der Waals surface area contributed by atoms with Crippen LogP contribution in [-0.2, 0) is 0 Å². The number of carbonyl (C=O) groups is 1. The Morgan fingerprint density at radius 2 is 2.07 bits per heavy atom. The lowest BCUT2D eigenvalue weighted by Crippen LogP contribution is -2.23. The molecular formula is C10H18N4O. The molecule has 0 bridgehead atoms. The molecule has 1 atom stereocenters. The van der Waals surface area contributed by atoms with Crippen molar-refractivity contribution in [2.75, 3.05) is 5.73 Å². The van der Waals surface area contributed by atoms with Crippen LogP contribution in [0.3, 0.4) is 0 Å². The first-order chi connectivity index (χ1) is 6.75. The van der Waals surface area contributed by atoms with Crippen LogP contribution in [0.2, 0.25) is 0 Å². The summed E-state index contributed by atoms with van der Waals surface area (Å²) in [7, 11) is 0. The van der Waals surface area contributed by atoms with Crippen molar-refractivity contribution in [1.82, 2.24) is 9.55 Å². The fourth-order valence-electron chi connectivity index (χ4n) is 1.29. The number of amides is 1. The zero-order chi connectivity index (χ0) is 11.8. The second kappa shape index (κ2) is 3.56. The van der Waals surface area contributed by atoms with E-state index in [1.165, 1.54) is 0 Å². The first-order valence-electron chi connectivity index (χ1n) is 4.87. The molecule has 15 heavy (non-hydrogen) atoms. The van der Waals surface area contributed by atoms with Crippen molar-refractivity contribution in [2.45, 2.75) is 33.7 Å². The van der Waals surface area contributed by atoms with Crippen molar-refractivity contribution in [2.24, 2.45) is 11.1 Å². The Morgan fingerprint density at radius 1 is 1.53 bits per heavy atom. The molecule has 1 amide bonds. The number of carbonyl (C=O) groups excluding carboxylic acids is 1. The average molecular weight is 210 g/mol. The minimum Gasteiger partial charge on any atom is -0.383 e. The number of nitrogens with zero attached hydrogens (tertiary/aromatic N) is 2. The van der Waals surface area contributed by atoms with Gasteiger partial charge in [-0.15, -0.1) is 0 Å². The number of anilines is 1. The molecule has 1 aromatic rings. The molecule has 0 radical (unpaired) electrons. The first kappa shape index (κ1) is 11.6. The minimum absolute atomic E-state index is 0.0454. The van der Waals surface area contributed by atoms with Crippen LogP contribution in [-0.4, -0.2) is 15.5 Å². The molecule has 84 valence electrons. The van der Waals surface area contributed by atoms with Crippen molar-refractivity contribution < 1.29 is 4.79 Å². The van der Waals surface area contributed by atoms with Gasteiger partial charge in [0.2, 0.25) is 0 Å². The largest absolute Gasteiger partial charge is 0.383 e. The number of imidazole rings is 1. The third-order valence-electron chi connectivity index (χ3n) is 2.74. The van der Waals surface area contributed by atoms with Gasteiger partial charge in [0.1, 0.15) is 5.82 Å². The van der Waals surface area contributed by atoms with E-state index >= 15 is 0 Å². The zero-order valence-electron chi connectivity index (χ0n) is 9.61. The van der Waals surface area contributed by atoms with Crippen LogP contribution in [0.5, 0.6) is 0 Å². The van der Waals surface area contributed by atoms with E-state index in [0.717, 1.165) is 0 Å². The molecule has 0 spiro atoms. The maximum atomic E-state index is 11.0. The van der Waals surface area contributed by atoms with Crippen LogP contribution >= 0.6 is 0 Å². The Labute approximate surface area is 89.5 Å². The van der Waals surface area contributed by atoms with Crippen molar-refractivity contribution in [3.05, 3.63) is 12.0 Å². The summed E-state index contributed by atoms with van der Waals surface area (Å²) in [6, 6.07) is 0.151. The van der Waals surface area contributed by atoms with Gasteiger partial charge in [-0.3, -0.25) is 4.79 Å². The van der Waals surface area contributed by atoms with E-state index in [1.54, 1.807) is 10.9 Å². The quantitative estimate of drug-likeness (QED) is 0.768. The highest BCUT2D eigenvalue weighted by Gasteiger charge is 2.25. The lowest BCUT2D eigenvalue weighted by molar-refractivity contribution is 0.0996. The zero-order valence-corrected chi connectivity index (χ0v) is 9.61. The van der Waals surface area contributed by atoms with Crippen LogP contribution in [0.25, 0.3) is 0 Å². The molecular weight excluding hydrogens is 192 g/mol. The molecule has 1 unspecified atom stereocenters. The summed E-state index contributed by atoms with van der Waals surface area (Å²) >= 11 is 0. The SMILES string of the molecule is CC(n1cnc(C(N)=O)c1N)C(C)(C)C. The third-order valence-corrected chi connectivity index (χ3v) is 2.74. The molecule has 5 heteroatoms. The van der Waals surface area contributed by atoms with Crippen LogP contribution in [0.4, 0.5) is 5.82 Å². The molecule has 0 saturated heterocycles. The van der Waals surface area contributed by atoms with Crippen molar-refractivity contribution in [3.63, 3.8) is 0 Å². The highest BCUT2D eigenvalue weighted by molar-refractivity contribution is 5.95. The molecule has 1 aromatic heterocycles. The normalized spacial score (nSPS) is 13.9. The summed E-state index contributed by atoms with van der Waals surface area (Å²) in [6.07, 6.45) is 1.56. The van der Waals surface area contributed by atoms with Gasteiger partial charge in [-0.05, 0) is 12.3 Å². The van der Waals surface area contributed by atoms with E-state index in [1.807, 2.05) is 6.92 Å². The minimum atomic E-state index is -0.590. The fraction of sp³-hybridized carbons (Fsp3) is 0.600. The number of hydrogen-bond donors (Lipinski definition) is 2. The lowest BCUT2D eigenvalue weighted by atomic mass is 9.88. The van der Waals surface area contributed by atoms with Crippen molar-refractivity contribution in [3.8, 4) is 0 Å². The molecule has 0 saturated carbocycles. The molecule has 0 aliphatic rings.